The standard InChI is InChI=1S/C16H16ClNO2/c1-9-4-6-12(7-5-9)16(20)18-14-8-13(17)15(19)11(3)10(14)2/h4-8,19H,1-3H3,(H,18,20). The molecule has 2 aromatic rings. The molecule has 0 saturated carbocycles. The zero-order valence-corrected chi connectivity index (χ0v) is 12.4. The first kappa shape index (κ1) is 14.4. The minimum atomic E-state index is -0.200. The second-order valence-corrected chi connectivity index (χ2v) is 5.23. The number of aryl methyl sites for hydroxylation is 1. The number of benzene rings is 2. The number of aromatic hydroxyl groups is 1. The quantitative estimate of drug-likeness (QED) is 0.813. The fraction of sp³-hybridized carbons (Fsp3) is 0.188. The molecule has 0 heterocycles. The SMILES string of the molecule is Cc1ccc(C(=O)Nc2cc(Cl)c(O)c(C)c2C)cc1. The van der Waals surface area contributed by atoms with Gasteiger partial charge >= 0.3 is 0 Å². The van der Waals surface area contributed by atoms with Crippen molar-refractivity contribution in [2.24, 2.45) is 0 Å². The second kappa shape index (κ2) is 5.55. The van der Waals surface area contributed by atoms with Crippen molar-refractivity contribution in [2.45, 2.75) is 20.8 Å². The van der Waals surface area contributed by atoms with Gasteiger partial charge in [0, 0.05) is 11.3 Å². The minimum Gasteiger partial charge on any atom is -0.506 e. The van der Waals surface area contributed by atoms with E-state index in [-0.39, 0.29) is 16.7 Å². The first-order chi connectivity index (χ1) is 9.40. The number of carbonyl (C=O) groups excluding carboxylic acids is 1. The molecule has 0 atom stereocenters. The van der Waals surface area contributed by atoms with E-state index in [4.69, 9.17) is 11.6 Å². The van der Waals surface area contributed by atoms with Crippen LogP contribution < -0.4 is 5.32 Å². The molecule has 104 valence electrons. The van der Waals surface area contributed by atoms with Gasteiger partial charge in [-0.2, -0.15) is 0 Å². The summed E-state index contributed by atoms with van der Waals surface area (Å²) in [5.41, 5.74) is 3.75. The van der Waals surface area contributed by atoms with Crippen molar-refractivity contribution in [1.29, 1.82) is 0 Å². The number of nitrogens with one attached hydrogen (secondary N) is 1. The van der Waals surface area contributed by atoms with Crippen molar-refractivity contribution in [3.63, 3.8) is 0 Å². The highest BCUT2D eigenvalue weighted by Crippen LogP contribution is 2.34. The number of anilines is 1. The maximum absolute atomic E-state index is 12.2. The van der Waals surface area contributed by atoms with Gasteiger partial charge < -0.3 is 10.4 Å². The molecule has 0 aromatic heterocycles. The number of hydrogen-bond donors (Lipinski definition) is 2. The summed E-state index contributed by atoms with van der Waals surface area (Å²) in [6.45, 7) is 5.56. The molecule has 0 aliphatic heterocycles. The van der Waals surface area contributed by atoms with E-state index >= 15 is 0 Å². The van der Waals surface area contributed by atoms with Crippen LogP contribution >= 0.6 is 11.6 Å². The third-order valence-electron chi connectivity index (χ3n) is 3.38. The molecule has 2 rings (SSSR count). The lowest BCUT2D eigenvalue weighted by molar-refractivity contribution is 0.102. The number of amides is 1. The molecule has 0 saturated heterocycles. The van der Waals surface area contributed by atoms with Gasteiger partial charge in [-0.15, -0.1) is 0 Å². The second-order valence-electron chi connectivity index (χ2n) is 4.82. The highest BCUT2D eigenvalue weighted by molar-refractivity contribution is 6.32. The van der Waals surface area contributed by atoms with E-state index in [0.717, 1.165) is 11.1 Å². The predicted octanol–water partition coefficient (Wildman–Crippen LogP) is 4.22. The maximum Gasteiger partial charge on any atom is 0.255 e. The van der Waals surface area contributed by atoms with Crippen LogP contribution in [0, 0.1) is 20.8 Å². The molecule has 0 radical (unpaired) electrons. The van der Waals surface area contributed by atoms with Crippen LogP contribution in [0.4, 0.5) is 5.69 Å². The highest BCUT2D eigenvalue weighted by Gasteiger charge is 2.13. The summed E-state index contributed by atoms with van der Waals surface area (Å²) in [5.74, 6) is -0.147. The molecule has 0 aliphatic rings. The van der Waals surface area contributed by atoms with Gasteiger partial charge in [0.2, 0.25) is 0 Å². The van der Waals surface area contributed by atoms with Gasteiger partial charge in [0.15, 0.2) is 0 Å². The van der Waals surface area contributed by atoms with E-state index in [1.165, 1.54) is 0 Å². The molecular formula is C16H16ClNO2. The van der Waals surface area contributed by atoms with Crippen molar-refractivity contribution in [1.82, 2.24) is 0 Å². The summed E-state index contributed by atoms with van der Waals surface area (Å²) in [6, 6.07) is 8.88. The fourth-order valence-corrected chi connectivity index (χ4v) is 2.14. The van der Waals surface area contributed by atoms with Crippen molar-refractivity contribution in [2.75, 3.05) is 5.32 Å². The smallest absolute Gasteiger partial charge is 0.255 e. The average molecular weight is 290 g/mol. The third-order valence-corrected chi connectivity index (χ3v) is 3.67. The molecule has 2 N–H and O–H groups in total. The zero-order valence-electron chi connectivity index (χ0n) is 11.6. The molecule has 4 heteroatoms. The van der Waals surface area contributed by atoms with Crippen LogP contribution in [-0.2, 0) is 0 Å². The van der Waals surface area contributed by atoms with Crippen LogP contribution in [-0.4, -0.2) is 11.0 Å². The molecule has 0 aliphatic carbocycles. The first-order valence-corrected chi connectivity index (χ1v) is 6.64. The van der Waals surface area contributed by atoms with Gasteiger partial charge in [0.1, 0.15) is 5.75 Å². The number of rotatable bonds is 2. The summed E-state index contributed by atoms with van der Waals surface area (Å²) in [6.07, 6.45) is 0. The van der Waals surface area contributed by atoms with Gasteiger partial charge in [-0.1, -0.05) is 29.3 Å². The van der Waals surface area contributed by atoms with E-state index in [1.807, 2.05) is 26.0 Å². The van der Waals surface area contributed by atoms with E-state index in [9.17, 15) is 9.90 Å². The summed E-state index contributed by atoms with van der Waals surface area (Å²) in [5, 5.41) is 12.8. The van der Waals surface area contributed by atoms with Crippen LogP contribution in [0.25, 0.3) is 0 Å². The Hall–Kier alpha value is -2.00. The van der Waals surface area contributed by atoms with Crippen LogP contribution in [0.15, 0.2) is 30.3 Å². The van der Waals surface area contributed by atoms with Crippen molar-refractivity contribution < 1.29 is 9.90 Å². The third kappa shape index (κ3) is 2.78. The van der Waals surface area contributed by atoms with Crippen LogP contribution in [0.5, 0.6) is 5.75 Å². The van der Waals surface area contributed by atoms with Crippen molar-refractivity contribution >= 4 is 23.2 Å². The molecule has 0 unspecified atom stereocenters. The van der Waals surface area contributed by atoms with Gasteiger partial charge in [0.25, 0.3) is 5.91 Å². The fourth-order valence-electron chi connectivity index (χ4n) is 1.89. The van der Waals surface area contributed by atoms with E-state index < -0.39 is 0 Å². The Balaban J connectivity index is 2.31. The van der Waals surface area contributed by atoms with Gasteiger partial charge in [-0.3, -0.25) is 4.79 Å². The van der Waals surface area contributed by atoms with Gasteiger partial charge in [-0.05, 0) is 50.1 Å². The van der Waals surface area contributed by atoms with Crippen LogP contribution in [0.3, 0.4) is 0 Å². The topological polar surface area (TPSA) is 49.3 Å². The molecule has 2 aromatic carbocycles. The molecular weight excluding hydrogens is 274 g/mol. The van der Waals surface area contributed by atoms with E-state index in [0.29, 0.717) is 16.8 Å². The number of carbonyl (C=O) groups is 1. The predicted molar refractivity (Wildman–Crippen MR) is 81.7 cm³/mol. The Morgan fingerprint density at radius 3 is 2.30 bits per heavy atom. The number of hydrogen-bond acceptors (Lipinski definition) is 2. The van der Waals surface area contributed by atoms with Crippen LogP contribution in [0.1, 0.15) is 27.0 Å². The van der Waals surface area contributed by atoms with Gasteiger partial charge in [-0.25, -0.2) is 0 Å². The largest absolute Gasteiger partial charge is 0.506 e. The van der Waals surface area contributed by atoms with E-state index in [2.05, 4.69) is 5.32 Å². The molecule has 0 fully saturated rings. The number of phenols is 1. The Labute approximate surface area is 123 Å². The number of halogens is 1. The Morgan fingerprint density at radius 1 is 1.10 bits per heavy atom. The van der Waals surface area contributed by atoms with Gasteiger partial charge in [0.05, 0.1) is 5.02 Å². The summed E-state index contributed by atoms with van der Waals surface area (Å²) in [7, 11) is 0. The van der Waals surface area contributed by atoms with Crippen molar-refractivity contribution in [3.05, 3.63) is 57.6 Å². The lowest BCUT2D eigenvalue weighted by Gasteiger charge is -2.13. The summed E-state index contributed by atoms with van der Waals surface area (Å²) >= 11 is 5.94. The van der Waals surface area contributed by atoms with E-state index in [1.54, 1.807) is 25.1 Å². The lowest BCUT2D eigenvalue weighted by Crippen LogP contribution is -2.13. The maximum atomic E-state index is 12.2. The monoisotopic (exact) mass is 289 g/mol. The highest BCUT2D eigenvalue weighted by atomic mass is 35.5. The lowest BCUT2D eigenvalue weighted by atomic mass is 10.1. The molecule has 20 heavy (non-hydrogen) atoms. The Morgan fingerprint density at radius 2 is 1.70 bits per heavy atom. The minimum absolute atomic E-state index is 0.0532. The zero-order chi connectivity index (χ0) is 14.9. The molecule has 0 bridgehead atoms. The Bertz CT molecular complexity index is 663. The molecule has 3 nitrogen and oxygen atoms in total. The normalized spacial score (nSPS) is 10.4. The molecule has 1 amide bonds. The summed E-state index contributed by atoms with van der Waals surface area (Å²) in [4.78, 5) is 12.2. The van der Waals surface area contributed by atoms with Crippen LogP contribution in [0.2, 0.25) is 5.02 Å². The summed E-state index contributed by atoms with van der Waals surface area (Å²) < 4.78 is 0. The number of phenolic OH excluding ortho intramolecular Hbond substituents is 1. The average Bonchev–Trinajstić information content (AvgIpc) is 2.43. The Kier molecular flexibility index (Phi) is 4.00. The first-order valence-electron chi connectivity index (χ1n) is 6.27. The van der Waals surface area contributed by atoms with Crippen molar-refractivity contribution in [3.8, 4) is 5.75 Å². The molecule has 0 spiro atoms.